The van der Waals surface area contributed by atoms with Crippen molar-refractivity contribution in [1.29, 1.82) is 0 Å². The molecule has 2 aliphatic rings. The number of fused-ring (bicyclic) bond motifs is 11. The first-order chi connectivity index (χ1) is 41.6. The molecule has 0 radical (unpaired) electrons. The predicted octanol–water partition coefficient (Wildman–Crippen LogP) is 20.0. The number of hydrogen-bond acceptors (Lipinski definition) is 8. The molecular weight excluding hydrogens is 1070 g/mol. The third-order valence-corrected chi connectivity index (χ3v) is 18.3. The molecule has 0 amide bonds. The standard InChI is InChI=1S/C74H46N8S2/c1-3-21-47(22-4-1)55-27-19-29-57(75-55)49-43-50(58-30-20-28-56(76-58)48-23-5-2-6-24-48)45-51(44-49)79-60-32-10-8-26-54(60)72-65(79)42-41-53-52-25-7-9-31-59(52)82(73(53)72)74-77-70(80-61-33-11-15-37-66(61)83-67-38-16-12-34-62(67)80)46-71(78-74)81-63-35-13-17-39-68(63)84-69-40-18-14-36-64(69)81/h1-46H. The van der Waals surface area contributed by atoms with Crippen LogP contribution in [0.4, 0.5) is 34.4 Å². The Morgan fingerprint density at radius 3 is 1.19 bits per heavy atom. The minimum absolute atomic E-state index is 0.553. The van der Waals surface area contributed by atoms with Gasteiger partial charge in [0.25, 0.3) is 0 Å². The highest BCUT2D eigenvalue weighted by atomic mass is 32.2. The number of para-hydroxylation sites is 6. The van der Waals surface area contributed by atoms with Gasteiger partial charge in [-0.3, -0.25) is 14.4 Å². The fourth-order valence-corrected chi connectivity index (χ4v) is 14.5. The highest BCUT2D eigenvalue weighted by Gasteiger charge is 2.32. The minimum Gasteiger partial charge on any atom is -0.309 e. The Hall–Kier alpha value is -10.5. The van der Waals surface area contributed by atoms with Gasteiger partial charge in [0.15, 0.2) is 0 Å². The monoisotopic (exact) mass is 1110 g/mol. The van der Waals surface area contributed by atoms with Crippen LogP contribution in [-0.4, -0.2) is 29.1 Å². The van der Waals surface area contributed by atoms with Gasteiger partial charge >= 0.3 is 0 Å². The Kier molecular flexibility index (Phi) is 11.2. The van der Waals surface area contributed by atoms with Gasteiger partial charge in [-0.25, -0.2) is 9.97 Å². The zero-order valence-electron chi connectivity index (χ0n) is 45.0. The highest BCUT2D eigenvalue weighted by molar-refractivity contribution is 8.00. The predicted molar refractivity (Wildman–Crippen MR) is 346 cm³/mol. The SMILES string of the molecule is c1ccc(-c2cccc(-c3cc(-c4cccc(-c5ccccc5)n4)cc(-n4c5ccccc5c5c4ccc4c6ccccc6n(-c6nc(N7c8ccccc8Sc8ccccc87)cc(N7c8ccccc8Sc8ccccc87)n6)c45)c3)n2)cc1. The molecule has 84 heavy (non-hydrogen) atoms. The Balaban J connectivity index is 0.946. The van der Waals surface area contributed by atoms with E-state index in [9.17, 15) is 0 Å². The molecule has 0 saturated heterocycles. The van der Waals surface area contributed by atoms with Crippen LogP contribution in [-0.2, 0) is 0 Å². The van der Waals surface area contributed by atoms with E-state index in [1.54, 1.807) is 23.5 Å². The molecule has 0 spiro atoms. The minimum atomic E-state index is 0.553. The van der Waals surface area contributed by atoms with Crippen molar-refractivity contribution in [2.75, 3.05) is 9.80 Å². The third kappa shape index (κ3) is 7.86. The van der Waals surface area contributed by atoms with E-state index in [-0.39, 0.29) is 0 Å². The van der Waals surface area contributed by atoms with Gasteiger partial charge in [0.1, 0.15) is 11.6 Å². The van der Waals surface area contributed by atoms with E-state index in [2.05, 4.69) is 286 Å². The van der Waals surface area contributed by atoms with Crippen LogP contribution in [0.1, 0.15) is 0 Å². The summed E-state index contributed by atoms with van der Waals surface area (Å²) in [5, 5.41) is 4.40. The molecule has 5 aromatic heterocycles. The number of rotatable bonds is 8. The average Bonchev–Trinajstić information content (AvgIpc) is 2.73. The molecule has 0 N–H and O–H groups in total. The van der Waals surface area contributed by atoms with E-state index in [0.29, 0.717) is 5.95 Å². The largest absolute Gasteiger partial charge is 0.309 e. The van der Waals surface area contributed by atoms with Crippen molar-refractivity contribution in [3.63, 3.8) is 0 Å². The first-order valence-electron chi connectivity index (χ1n) is 28.0. The van der Waals surface area contributed by atoms with Gasteiger partial charge in [-0.1, -0.05) is 187 Å². The second-order valence-corrected chi connectivity index (χ2v) is 23.2. The summed E-state index contributed by atoms with van der Waals surface area (Å²) in [4.78, 5) is 31.6. The van der Waals surface area contributed by atoms with Crippen molar-refractivity contribution in [2.45, 2.75) is 19.6 Å². The number of anilines is 6. The summed E-state index contributed by atoms with van der Waals surface area (Å²) in [6.07, 6.45) is 0. The summed E-state index contributed by atoms with van der Waals surface area (Å²) in [5.74, 6) is 2.06. The molecule has 394 valence electrons. The molecule has 0 unspecified atom stereocenters. The van der Waals surface area contributed by atoms with Crippen molar-refractivity contribution < 1.29 is 0 Å². The van der Waals surface area contributed by atoms with Gasteiger partial charge in [0.2, 0.25) is 5.95 Å². The second kappa shape index (κ2) is 19.6. The third-order valence-electron chi connectivity index (χ3n) is 16.1. The molecular formula is C74H46N8S2. The van der Waals surface area contributed by atoms with Crippen LogP contribution in [0.25, 0.3) is 100 Å². The Bertz CT molecular complexity index is 4820. The van der Waals surface area contributed by atoms with Crippen molar-refractivity contribution in [3.05, 3.63) is 279 Å². The molecule has 15 aromatic rings. The Labute approximate surface area is 492 Å². The summed E-state index contributed by atoms with van der Waals surface area (Å²) in [6.45, 7) is 0. The van der Waals surface area contributed by atoms with E-state index in [1.807, 2.05) is 12.1 Å². The van der Waals surface area contributed by atoms with Crippen LogP contribution in [0.5, 0.6) is 0 Å². The maximum atomic E-state index is 5.82. The first kappa shape index (κ1) is 48.2. The van der Waals surface area contributed by atoms with Gasteiger partial charge in [-0.15, -0.1) is 0 Å². The summed E-state index contributed by atoms with van der Waals surface area (Å²) >= 11 is 3.58. The summed E-state index contributed by atoms with van der Waals surface area (Å²) in [6, 6.07) is 99.0. The van der Waals surface area contributed by atoms with Crippen LogP contribution in [0.2, 0.25) is 0 Å². The zero-order valence-corrected chi connectivity index (χ0v) is 46.6. The molecule has 0 aliphatic carbocycles. The molecule has 0 atom stereocenters. The van der Waals surface area contributed by atoms with Crippen molar-refractivity contribution in [3.8, 4) is 56.7 Å². The summed E-state index contributed by atoms with van der Waals surface area (Å²) in [7, 11) is 0. The zero-order chi connectivity index (χ0) is 55.2. The average molecular weight is 1110 g/mol. The topological polar surface area (TPSA) is 67.9 Å². The fraction of sp³-hybridized carbons (Fsp3) is 0. The lowest BCUT2D eigenvalue weighted by atomic mass is 10.0. The molecule has 0 bridgehead atoms. The van der Waals surface area contributed by atoms with Crippen LogP contribution in [0.15, 0.2) is 299 Å². The number of aromatic nitrogens is 6. The summed E-state index contributed by atoms with van der Waals surface area (Å²) in [5.41, 5.74) is 17.0. The first-order valence-corrected chi connectivity index (χ1v) is 29.7. The molecule has 8 nitrogen and oxygen atoms in total. The van der Waals surface area contributed by atoms with Gasteiger partial charge in [0, 0.05) is 75.1 Å². The number of benzene rings is 10. The van der Waals surface area contributed by atoms with Crippen molar-refractivity contribution in [1.82, 2.24) is 29.1 Å². The van der Waals surface area contributed by atoms with E-state index >= 15 is 0 Å². The van der Waals surface area contributed by atoms with Gasteiger partial charge in [0.05, 0.1) is 67.6 Å². The number of nitrogens with zero attached hydrogens (tertiary/aromatic N) is 8. The number of pyridine rings is 2. The van der Waals surface area contributed by atoms with Gasteiger partial charge < -0.3 is 4.57 Å². The second-order valence-electron chi connectivity index (χ2n) is 21.0. The normalized spacial score (nSPS) is 12.6. The smallest absolute Gasteiger partial charge is 0.238 e. The van der Waals surface area contributed by atoms with E-state index in [0.717, 1.165) is 148 Å². The van der Waals surface area contributed by atoms with Crippen molar-refractivity contribution in [2.24, 2.45) is 0 Å². The van der Waals surface area contributed by atoms with Crippen LogP contribution in [0.3, 0.4) is 0 Å². The molecule has 0 saturated carbocycles. The van der Waals surface area contributed by atoms with Gasteiger partial charge in [-0.05, 0) is 109 Å². The maximum Gasteiger partial charge on any atom is 0.238 e. The summed E-state index contributed by atoms with van der Waals surface area (Å²) < 4.78 is 4.74. The lowest BCUT2D eigenvalue weighted by Gasteiger charge is -2.34. The van der Waals surface area contributed by atoms with E-state index < -0.39 is 0 Å². The van der Waals surface area contributed by atoms with Crippen LogP contribution in [0, 0.1) is 0 Å². The van der Waals surface area contributed by atoms with Crippen molar-refractivity contribution >= 4 is 102 Å². The lowest BCUT2D eigenvalue weighted by molar-refractivity contribution is 0.959. The molecule has 7 heterocycles. The fourth-order valence-electron chi connectivity index (χ4n) is 12.4. The maximum absolute atomic E-state index is 5.82. The molecule has 17 rings (SSSR count). The quantitative estimate of drug-likeness (QED) is 0.149. The molecule has 0 fully saturated rings. The van der Waals surface area contributed by atoms with E-state index in [1.165, 1.54) is 0 Å². The molecule has 2 aliphatic heterocycles. The van der Waals surface area contributed by atoms with Crippen LogP contribution < -0.4 is 9.80 Å². The highest BCUT2D eigenvalue weighted by Crippen LogP contribution is 2.55. The Morgan fingerprint density at radius 1 is 0.274 bits per heavy atom. The van der Waals surface area contributed by atoms with Gasteiger partial charge in [-0.2, -0.15) is 9.97 Å². The molecule has 10 aromatic carbocycles. The molecule has 10 heteroatoms. The number of hydrogen-bond donors (Lipinski definition) is 0. The van der Waals surface area contributed by atoms with Crippen LogP contribution >= 0.6 is 23.5 Å². The Morgan fingerprint density at radius 2 is 0.690 bits per heavy atom. The van der Waals surface area contributed by atoms with E-state index in [4.69, 9.17) is 19.9 Å². The lowest BCUT2D eigenvalue weighted by Crippen LogP contribution is -2.21.